The topological polar surface area (TPSA) is 55.4 Å². The highest BCUT2D eigenvalue weighted by atomic mass is 127. The van der Waals surface area contributed by atoms with E-state index in [1.807, 2.05) is 6.07 Å². The van der Waals surface area contributed by atoms with Gasteiger partial charge >= 0.3 is 0 Å². The minimum Gasteiger partial charge on any atom is -0.467 e. The Morgan fingerprint density at radius 3 is 2.08 bits per heavy atom. The second kappa shape index (κ2) is 12.7. The Balaban J connectivity index is 3.00. The van der Waals surface area contributed by atoms with Gasteiger partial charge in [0.15, 0.2) is 13.6 Å². The largest absolute Gasteiger partial charge is 0.467 e. The fraction of sp³-hybridized carbons (Fsp3) is 0.647. The zero-order chi connectivity index (χ0) is 17.8. The van der Waals surface area contributed by atoms with Gasteiger partial charge < -0.3 is 28.4 Å². The van der Waals surface area contributed by atoms with Gasteiger partial charge in [-0.2, -0.15) is 0 Å². The smallest absolute Gasteiger partial charge is 0.188 e. The van der Waals surface area contributed by atoms with Gasteiger partial charge in [-0.1, -0.05) is 6.92 Å². The molecule has 7 heteroatoms. The summed E-state index contributed by atoms with van der Waals surface area (Å²) in [6.45, 7) is 4.29. The van der Waals surface area contributed by atoms with Crippen LogP contribution in [0, 0.1) is 3.57 Å². The van der Waals surface area contributed by atoms with E-state index in [0.29, 0.717) is 19.8 Å². The second-order valence-electron chi connectivity index (χ2n) is 4.95. The number of ether oxygens (including phenoxy) is 6. The molecule has 0 heterocycles. The van der Waals surface area contributed by atoms with Crippen LogP contribution in [0.15, 0.2) is 6.07 Å². The number of benzene rings is 1. The number of hydrogen-bond donors (Lipinski definition) is 0. The van der Waals surface area contributed by atoms with Crippen molar-refractivity contribution in [2.45, 2.75) is 19.8 Å². The van der Waals surface area contributed by atoms with Crippen LogP contribution in [0.2, 0.25) is 0 Å². The summed E-state index contributed by atoms with van der Waals surface area (Å²) < 4.78 is 33.1. The minimum atomic E-state index is 0.189. The molecule has 0 N–H and O–H groups in total. The van der Waals surface area contributed by atoms with Crippen molar-refractivity contribution in [1.29, 1.82) is 0 Å². The van der Waals surface area contributed by atoms with Crippen LogP contribution in [0.1, 0.15) is 18.1 Å². The molecule has 0 radical (unpaired) electrons. The average molecular weight is 454 g/mol. The van der Waals surface area contributed by atoms with E-state index < -0.39 is 0 Å². The molecule has 0 aliphatic heterocycles. The maximum absolute atomic E-state index is 5.73. The van der Waals surface area contributed by atoms with Gasteiger partial charge in [0.05, 0.1) is 23.4 Å². The highest BCUT2D eigenvalue weighted by molar-refractivity contribution is 14.1. The standard InChI is InChI=1S/C17H27IO6/c1-5-13-14(6-7-22-9-8-19-2)17(18)16(24-12-21-4)10-15(13)23-11-20-3/h10H,5-9,11-12H2,1-4H3. The van der Waals surface area contributed by atoms with Crippen molar-refractivity contribution in [2.75, 3.05) is 54.7 Å². The van der Waals surface area contributed by atoms with Crippen molar-refractivity contribution in [3.63, 3.8) is 0 Å². The van der Waals surface area contributed by atoms with Crippen LogP contribution in [0.25, 0.3) is 0 Å². The molecule has 1 rings (SSSR count). The van der Waals surface area contributed by atoms with Crippen molar-refractivity contribution in [1.82, 2.24) is 0 Å². The molecule has 0 aliphatic rings. The quantitative estimate of drug-likeness (QED) is 0.260. The summed E-state index contributed by atoms with van der Waals surface area (Å²) in [7, 11) is 4.86. The number of hydrogen-bond acceptors (Lipinski definition) is 6. The fourth-order valence-corrected chi connectivity index (χ4v) is 3.15. The van der Waals surface area contributed by atoms with Crippen molar-refractivity contribution in [3.8, 4) is 11.5 Å². The van der Waals surface area contributed by atoms with Crippen LogP contribution in [-0.4, -0.2) is 54.7 Å². The maximum atomic E-state index is 5.73. The summed E-state index contributed by atoms with van der Waals surface area (Å²) in [5.74, 6) is 1.52. The summed E-state index contributed by atoms with van der Waals surface area (Å²) in [4.78, 5) is 0. The van der Waals surface area contributed by atoms with E-state index in [0.717, 1.165) is 33.5 Å². The highest BCUT2D eigenvalue weighted by Crippen LogP contribution is 2.36. The first kappa shape index (κ1) is 21.4. The molecule has 0 aromatic heterocycles. The lowest BCUT2D eigenvalue weighted by Crippen LogP contribution is -2.11. The third-order valence-corrected chi connectivity index (χ3v) is 4.53. The van der Waals surface area contributed by atoms with Crippen molar-refractivity contribution in [3.05, 3.63) is 20.8 Å². The van der Waals surface area contributed by atoms with Crippen molar-refractivity contribution >= 4 is 22.6 Å². The van der Waals surface area contributed by atoms with E-state index in [9.17, 15) is 0 Å². The molecule has 0 atom stereocenters. The van der Waals surface area contributed by atoms with Gasteiger partial charge in [-0.05, 0) is 46.6 Å². The Morgan fingerprint density at radius 2 is 1.50 bits per heavy atom. The van der Waals surface area contributed by atoms with E-state index in [-0.39, 0.29) is 13.6 Å². The maximum Gasteiger partial charge on any atom is 0.188 e. The summed E-state index contributed by atoms with van der Waals surface area (Å²) in [5.41, 5.74) is 2.33. The molecule has 0 spiro atoms. The minimum absolute atomic E-state index is 0.189. The van der Waals surface area contributed by atoms with Gasteiger partial charge in [-0.3, -0.25) is 0 Å². The number of methoxy groups -OCH3 is 3. The third-order valence-electron chi connectivity index (χ3n) is 3.35. The molecule has 1 aromatic rings. The van der Waals surface area contributed by atoms with E-state index in [4.69, 9.17) is 28.4 Å². The van der Waals surface area contributed by atoms with Gasteiger partial charge in [-0.15, -0.1) is 0 Å². The average Bonchev–Trinajstić information content (AvgIpc) is 2.60. The molecule has 1 aromatic carbocycles. The van der Waals surface area contributed by atoms with Gasteiger partial charge in [0.2, 0.25) is 0 Å². The fourth-order valence-electron chi connectivity index (χ4n) is 2.24. The lowest BCUT2D eigenvalue weighted by atomic mass is 10.0. The SMILES string of the molecule is CCc1c(OCOC)cc(OCOC)c(I)c1CCOCCOC. The van der Waals surface area contributed by atoms with E-state index >= 15 is 0 Å². The molecular formula is C17H27IO6. The predicted octanol–water partition coefficient (Wildman–Crippen LogP) is 3.02. The molecule has 0 aliphatic carbocycles. The summed E-state index contributed by atoms with van der Waals surface area (Å²) in [6.07, 6.45) is 1.63. The molecule has 0 unspecified atom stereocenters. The van der Waals surface area contributed by atoms with Gasteiger partial charge in [0.25, 0.3) is 0 Å². The van der Waals surface area contributed by atoms with Crippen LogP contribution >= 0.6 is 22.6 Å². The molecule has 24 heavy (non-hydrogen) atoms. The molecule has 0 saturated carbocycles. The summed E-state index contributed by atoms with van der Waals surface area (Å²) >= 11 is 2.30. The third kappa shape index (κ3) is 6.72. The van der Waals surface area contributed by atoms with Crippen LogP contribution in [0.3, 0.4) is 0 Å². The van der Waals surface area contributed by atoms with Gasteiger partial charge in [-0.25, -0.2) is 0 Å². The Morgan fingerprint density at radius 1 is 0.833 bits per heavy atom. The van der Waals surface area contributed by atoms with Crippen molar-refractivity contribution in [2.24, 2.45) is 0 Å². The van der Waals surface area contributed by atoms with Gasteiger partial charge in [0, 0.05) is 27.4 Å². The molecular weight excluding hydrogens is 427 g/mol. The molecule has 0 bridgehead atoms. The first-order valence-corrected chi connectivity index (χ1v) is 8.91. The van der Waals surface area contributed by atoms with Crippen LogP contribution in [-0.2, 0) is 31.8 Å². The first-order valence-electron chi connectivity index (χ1n) is 7.83. The van der Waals surface area contributed by atoms with Crippen LogP contribution in [0.5, 0.6) is 11.5 Å². The van der Waals surface area contributed by atoms with Crippen molar-refractivity contribution < 1.29 is 28.4 Å². The second-order valence-corrected chi connectivity index (χ2v) is 6.03. The zero-order valence-corrected chi connectivity index (χ0v) is 17.0. The predicted molar refractivity (Wildman–Crippen MR) is 99.9 cm³/mol. The first-order chi connectivity index (χ1) is 11.7. The Bertz CT molecular complexity index is 481. The summed E-state index contributed by atoms with van der Waals surface area (Å²) in [5, 5.41) is 0. The Labute approximate surface area is 157 Å². The normalized spacial score (nSPS) is 10.9. The Kier molecular flexibility index (Phi) is 11.4. The monoisotopic (exact) mass is 454 g/mol. The van der Waals surface area contributed by atoms with E-state index in [1.165, 1.54) is 5.56 Å². The number of rotatable bonds is 13. The number of halogens is 1. The summed E-state index contributed by atoms with van der Waals surface area (Å²) in [6, 6.07) is 1.90. The highest BCUT2D eigenvalue weighted by Gasteiger charge is 2.17. The zero-order valence-electron chi connectivity index (χ0n) is 14.9. The molecule has 0 amide bonds. The molecule has 0 saturated heterocycles. The van der Waals surface area contributed by atoms with Gasteiger partial charge in [0.1, 0.15) is 11.5 Å². The molecule has 6 nitrogen and oxygen atoms in total. The molecule has 138 valence electrons. The lowest BCUT2D eigenvalue weighted by molar-refractivity contribution is 0.0449. The van der Waals surface area contributed by atoms with Crippen LogP contribution < -0.4 is 9.47 Å². The lowest BCUT2D eigenvalue weighted by Gasteiger charge is -2.19. The van der Waals surface area contributed by atoms with E-state index in [1.54, 1.807) is 21.3 Å². The van der Waals surface area contributed by atoms with Crippen LogP contribution in [0.4, 0.5) is 0 Å². The van der Waals surface area contributed by atoms with E-state index in [2.05, 4.69) is 29.5 Å². The molecule has 0 fully saturated rings. The Hall–Kier alpha value is -0.610.